The molecule has 2 aliphatic heterocycles. The molecule has 20 heteroatoms. The van der Waals surface area contributed by atoms with Crippen LogP contribution in [0.1, 0.15) is 129 Å². The summed E-state index contributed by atoms with van der Waals surface area (Å²) >= 11 is 5.49. The second-order valence-corrected chi connectivity index (χ2v) is 31.7. The number of hydrogen-bond acceptors (Lipinski definition) is 14. The number of nitrogens with zero attached hydrogens (tertiary/aromatic N) is 7. The zero-order valence-electron chi connectivity index (χ0n) is 49.1. The first kappa shape index (κ1) is 61.6. The molecule has 6 heterocycles. The second-order valence-electron chi connectivity index (χ2n) is 23.1. The number of hydrogen-bond donors (Lipinski definition) is 2. The van der Waals surface area contributed by atoms with Crippen molar-refractivity contribution in [1.29, 1.82) is 0 Å². The predicted molar refractivity (Wildman–Crippen MR) is 327 cm³/mol. The number of anilines is 1. The van der Waals surface area contributed by atoms with Gasteiger partial charge in [0.05, 0.1) is 51.6 Å². The zero-order valence-corrected chi connectivity index (χ0v) is 52.5. The van der Waals surface area contributed by atoms with E-state index in [9.17, 15) is 31.5 Å². The molecule has 0 amide bonds. The van der Waals surface area contributed by atoms with Crippen LogP contribution in [0.4, 0.5) is 5.95 Å². The Morgan fingerprint density at radius 1 is 0.707 bits per heavy atom. The van der Waals surface area contributed by atoms with Crippen LogP contribution in [0.2, 0.25) is 10.3 Å². The Hall–Kier alpha value is -6.45. The summed E-state index contributed by atoms with van der Waals surface area (Å²) in [7, 11) is -9.78. The Bertz CT molecular complexity index is 3880. The van der Waals surface area contributed by atoms with Crippen LogP contribution in [-0.4, -0.2) is 96.5 Å². The molecule has 0 radical (unpaired) electrons. The number of sulfone groups is 2. The van der Waals surface area contributed by atoms with E-state index in [1.807, 2.05) is 31.2 Å². The van der Waals surface area contributed by atoms with Crippen molar-refractivity contribution < 1.29 is 36.0 Å². The number of carbonyl (C=O) groups excluding carboxylic acids is 2. The lowest BCUT2D eigenvalue weighted by atomic mass is 9.97. The minimum atomic E-state index is -3.49. The molecular formula is C62H75ClN8O8S2Si. The Morgan fingerprint density at radius 2 is 1.21 bits per heavy atom. The topological polar surface area (TPSA) is 209 Å². The number of carbonyl (C=O) groups is 2. The summed E-state index contributed by atoms with van der Waals surface area (Å²) < 4.78 is 62.5. The smallest absolute Gasteiger partial charge is 0.261 e. The Labute approximate surface area is 488 Å². The number of Topliss-reactive ketones (excluding diaryl/α,β-unsaturated/α-hetero) is 2. The summed E-state index contributed by atoms with van der Waals surface area (Å²) in [6.45, 7) is 24.8. The normalized spacial score (nSPS) is 15.6. The Balaban J connectivity index is 0.000000183. The molecule has 4 aromatic carbocycles. The van der Waals surface area contributed by atoms with E-state index in [1.54, 1.807) is 25.3 Å². The summed E-state index contributed by atoms with van der Waals surface area (Å²) in [4.78, 5) is 41.9. The lowest BCUT2D eigenvalue weighted by molar-refractivity contribution is 0.100. The van der Waals surface area contributed by atoms with Gasteiger partial charge in [-0.05, 0) is 114 Å². The standard InChI is InChI=1S/C32H40N2O3SSi.C23H28N4O4S.C7H7ClN2O/c1-23(2)31-29-20-24-19-25(30(38(6,35)36)21-28(24)34(29)18-17-33-31)22-37-39(32(3,4)5,26-13-9-7-10-14-26)27-15-11-8-12-16-27;1-13(2)22-20-9-16-8-17(12-28)21(32(5,30)31)10-19(16)26(20)6-7-27(22)23-24-11-18(15(4)29)14(3)25-23;1-4-6(5(2)11)3-9-7(8)10-4/h7-16,19-21,23,31,33H,17-18,22H2,1-6H3;8-11,13,22,28H,6-7,12H2,1-5H3;3H,1-2H3. The average molecular weight is 1190 g/mol. The molecule has 16 nitrogen and oxygen atoms in total. The van der Waals surface area contributed by atoms with Crippen LogP contribution in [0.3, 0.4) is 0 Å². The van der Waals surface area contributed by atoms with Crippen molar-refractivity contribution in [1.82, 2.24) is 34.4 Å². The monoisotopic (exact) mass is 1190 g/mol. The first-order valence-corrected chi connectivity index (χ1v) is 33.6. The van der Waals surface area contributed by atoms with Crippen molar-refractivity contribution in [3.05, 3.63) is 160 Å². The number of aryl methyl sites for hydroxylation is 2. The molecule has 2 atom stereocenters. The van der Waals surface area contributed by atoms with Crippen LogP contribution in [0.5, 0.6) is 0 Å². The van der Waals surface area contributed by atoms with E-state index >= 15 is 0 Å². The SMILES string of the molecule is CC(=O)c1cnc(Cl)nc1C.CC(=O)c1cnc(N2CCn3c(cc4cc(CO)c(S(C)(=O)=O)cc43)C2C(C)C)nc1C.CC(C)C1NCCn2c1cc1cc(CO[Si](c3ccccc3)(c3ccccc3)C(C)(C)C)c(S(C)(=O)=O)cc12. The molecule has 0 spiro atoms. The van der Waals surface area contributed by atoms with Gasteiger partial charge in [-0.3, -0.25) is 9.59 Å². The zero-order chi connectivity index (χ0) is 59.8. The summed E-state index contributed by atoms with van der Waals surface area (Å²) in [5.41, 5.74) is 7.52. The molecule has 4 aromatic heterocycles. The third kappa shape index (κ3) is 12.6. The molecule has 8 aromatic rings. The number of fused-ring (bicyclic) bond motifs is 6. The first-order valence-electron chi connectivity index (χ1n) is 27.5. The van der Waals surface area contributed by atoms with Crippen molar-refractivity contribution in [2.45, 2.75) is 129 Å². The summed E-state index contributed by atoms with van der Waals surface area (Å²) in [6, 6.07) is 32.8. The fourth-order valence-corrected chi connectivity index (χ4v) is 18.3. The highest BCUT2D eigenvalue weighted by atomic mass is 35.5. The van der Waals surface area contributed by atoms with Crippen molar-refractivity contribution in [2.75, 3.05) is 30.5 Å². The fourth-order valence-electron chi connectivity index (χ4n) is 11.8. The molecule has 2 N–H and O–H groups in total. The summed E-state index contributed by atoms with van der Waals surface area (Å²) in [5, 5.41) is 17.7. The van der Waals surface area contributed by atoms with Gasteiger partial charge in [0.25, 0.3) is 8.32 Å². The van der Waals surface area contributed by atoms with E-state index in [0.29, 0.717) is 57.9 Å². The van der Waals surface area contributed by atoms with E-state index in [-0.39, 0.29) is 58.0 Å². The lowest BCUT2D eigenvalue weighted by Gasteiger charge is -2.43. The van der Waals surface area contributed by atoms with Crippen LogP contribution in [0.25, 0.3) is 21.8 Å². The molecule has 10 rings (SSSR count). The molecule has 2 unspecified atom stereocenters. The van der Waals surface area contributed by atoms with Gasteiger partial charge in [-0.15, -0.1) is 0 Å². The molecule has 0 fully saturated rings. The number of aliphatic hydroxyl groups is 1. The molecular weight excluding hydrogens is 1110 g/mol. The van der Waals surface area contributed by atoms with Crippen molar-refractivity contribution in [3.8, 4) is 0 Å². The number of aromatic nitrogens is 6. The molecule has 0 aliphatic carbocycles. The minimum Gasteiger partial charge on any atom is -0.403 e. The largest absolute Gasteiger partial charge is 0.403 e. The van der Waals surface area contributed by atoms with Gasteiger partial charge < -0.3 is 28.9 Å². The van der Waals surface area contributed by atoms with Crippen molar-refractivity contribution in [2.24, 2.45) is 11.8 Å². The van der Waals surface area contributed by atoms with E-state index in [1.165, 1.54) is 42.4 Å². The molecule has 434 valence electrons. The lowest BCUT2D eigenvalue weighted by Crippen LogP contribution is -2.66. The number of benzene rings is 4. The van der Waals surface area contributed by atoms with Crippen molar-refractivity contribution in [3.63, 3.8) is 0 Å². The van der Waals surface area contributed by atoms with Gasteiger partial charge in [0, 0.05) is 90.3 Å². The van der Waals surface area contributed by atoms with Crippen molar-refractivity contribution >= 4 is 89.3 Å². The highest BCUT2D eigenvalue weighted by Gasteiger charge is 2.50. The maximum atomic E-state index is 13.2. The molecule has 2 aliphatic rings. The van der Waals surface area contributed by atoms with E-state index in [2.05, 4.69) is 148 Å². The second kappa shape index (κ2) is 24.4. The highest BCUT2D eigenvalue weighted by Crippen LogP contribution is 2.41. The van der Waals surface area contributed by atoms with Crippen LogP contribution >= 0.6 is 11.6 Å². The van der Waals surface area contributed by atoms with Gasteiger partial charge in [0.1, 0.15) is 0 Å². The van der Waals surface area contributed by atoms with Gasteiger partial charge in [0.2, 0.25) is 11.2 Å². The third-order valence-electron chi connectivity index (χ3n) is 15.5. The quantitative estimate of drug-likeness (QED) is 0.0626. The molecule has 0 saturated carbocycles. The van der Waals surface area contributed by atoms with Gasteiger partial charge in [-0.1, -0.05) is 109 Å². The Kier molecular flexibility index (Phi) is 18.3. The van der Waals surface area contributed by atoms with Crippen LogP contribution in [0.15, 0.2) is 119 Å². The summed E-state index contributed by atoms with van der Waals surface area (Å²) in [5.74, 6) is 1.13. The number of nitrogens with one attached hydrogen (secondary N) is 1. The van der Waals surface area contributed by atoms with Gasteiger partial charge in [-0.2, -0.15) is 0 Å². The van der Waals surface area contributed by atoms with E-state index < -0.39 is 28.0 Å². The van der Waals surface area contributed by atoms with E-state index in [0.717, 1.165) is 52.4 Å². The number of halogens is 1. The van der Waals surface area contributed by atoms with E-state index in [4.69, 9.17) is 16.0 Å². The minimum absolute atomic E-state index is 0.0296. The van der Waals surface area contributed by atoms with Crippen LogP contribution < -0.4 is 20.6 Å². The van der Waals surface area contributed by atoms with Gasteiger partial charge in [-0.25, -0.2) is 36.8 Å². The fraction of sp³-hybridized carbons (Fsp3) is 0.387. The maximum absolute atomic E-state index is 13.2. The van der Waals surface area contributed by atoms with Crippen LogP contribution in [-0.2, 0) is 50.4 Å². The average Bonchev–Trinajstić information content (AvgIpc) is 2.34. The first-order chi connectivity index (χ1) is 38.6. The number of aliphatic hydroxyl groups excluding tert-OH is 1. The number of rotatable bonds is 13. The highest BCUT2D eigenvalue weighted by molar-refractivity contribution is 7.91. The van der Waals surface area contributed by atoms with Gasteiger partial charge >= 0.3 is 0 Å². The molecule has 0 saturated heterocycles. The Morgan fingerprint density at radius 3 is 1.68 bits per heavy atom. The number of ketones is 2. The molecule has 82 heavy (non-hydrogen) atoms. The van der Waals surface area contributed by atoms with Gasteiger partial charge in [0.15, 0.2) is 31.2 Å². The molecule has 0 bridgehead atoms. The van der Waals surface area contributed by atoms with Crippen LogP contribution in [0, 0.1) is 25.7 Å². The predicted octanol–water partition coefficient (Wildman–Crippen LogP) is 10.1. The summed E-state index contributed by atoms with van der Waals surface area (Å²) in [6.07, 6.45) is 5.50. The third-order valence-corrected chi connectivity index (χ3v) is 23.0. The maximum Gasteiger partial charge on any atom is 0.261 e.